The molecule has 0 unspecified atom stereocenters. The lowest BCUT2D eigenvalue weighted by Crippen LogP contribution is -2.48. The van der Waals surface area contributed by atoms with Gasteiger partial charge < -0.3 is 4.74 Å². The molecule has 9 heteroatoms. The van der Waals surface area contributed by atoms with Gasteiger partial charge in [0.25, 0.3) is 0 Å². The van der Waals surface area contributed by atoms with Crippen LogP contribution in [0.2, 0.25) is 5.02 Å². The monoisotopic (exact) mass is 477 g/mol. The van der Waals surface area contributed by atoms with E-state index in [0.717, 1.165) is 22.0 Å². The average molecular weight is 478 g/mol. The number of hydrogen-bond acceptors (Lipinski definition) is 6. The molecule has 0 aliphatic carbocycles. The summed E-state index contributed by atoms with van der Waals surface area (Å²) >= 11 is 7.73. The first kappa shape index (κ1) is 22.2. The summed E-state index contributed by atoms with van der Waals surface area (Å²) in [5.74, 6) is 0.854. The summed E-state index contributed by atoms with van der Waals surface area (Å²) in [5.41, 5.74) is 2.06. The molecular formula is C22H24ClN3O3S2. The third-order valence-corrected chi connectivity index (χ3v) is 8.47. The minimum absolute atomic E-state index is 0.171. The molecule has 0 N–H and O–H groups in total. The molecular weight excluding hydrogens is 454 g/mol. The first-order valence-corrected chi connectivity index (χ1v) is 12.8. The number of piperazine rings is 1. The number of sulfonamides is 1. The highest BCUT2D eigenvalue weighted by atomic mass is 35.5. The fourth-order valence-electron chi connectivity index (χ4n) is 3.52. The average Bonchev–Trinajstić information content (AvgIpc) is 3.23. The predicted molar refractivity (Wildman–Crippen MR) is 124 cm³/mol. The van der Waals surface area contributed by atoms with Crippen LogP contribution in [-0.4, -0.2) is 55.4 Å². The fraction of sp³-hybridized carbons (Fsp3) is 0.318. The molecule has 0 amide bonds. The van der Waals surface area contributed by atoms with Crippen LogP contribution in [-0.2, 0) is 16.6 Å². The molecule has 1 aliphatic rings. The van der Waals surface area contributed by atoms with Gasteiger partial charge in [0.15, 0.2) is 0 Å². The SMILES string of the molecule is CCOc1ccc(-c2nc(CN3CCN(S(=O)(=O)c4ccccc4Cl)CC3)cs2)cc1. The molecule has 1 aliphatic heterocycles. The lowest BCUT2D eigenvalue weighted by Gasteiger charge is -2.33. The van der Waals surface area contributed by atoms with Crippen LogP contribution in [0.25, 0.3) is 10.6 Å². The molecule has 4 rings (SSSR count). The van der Waals surface area contributed by atoms with Gasteiger partial charge in [-0.15, -0.1) is 11.3 Å². The number of thiazole rings is 1. The molecule has 2 aromatic carbocycles. The smallest absolute Gasteiger partial charge is 0.244 e. The van der Waals surface area contributed by atoms with E-state index in [1.165, 1.54) is 4.31 Å². The van der Waals surface area contributed by atoms with Crippen molar-refractivity contribution < 1.29 is 13.2 Å². The Hall–Kier alpha value is -1.97. The zero-order chi connectivity index (χ0) is 21.8. The molecule has 2 heterocycles. The lowest BCUT2D eigenvalue weighted by atomic mass is 10.2. The summed E-state index contributed by atoms with van der Waals surface area (Å²) in [6.07, 6.45) is 0. The molecule has 31 heavy (non-hydrogen) atoms. The zero-order valence-corrected chi connectivity index (χ0v) is 19.6. The van der Waals surface area contributed by atoms with E-state index in [-0.39, 0.29) is 9.92 Å². The topological polar surface area (TPSA) is 62.7 Å². The Morgan fingerprint density at radius 2 is 1.77 bits per heavy atom. The van der Waals surface area contributed by atoms with Crippen LogP contribution in [0.3, 0.4) is 0 Å². The maximum Gasteiger partial charge on any atom is 0.244 e. The Bertz CT molecular complexity index is 1120. The Morgan fingerprint density at radius 1 is 1.06 bits per heavy atom. The normalized spacial score (nSPS) is 15.8. The molecule has 0 radical (unpaired) electrons. The van der Waals surface area contributed by atoms with Crippen molar-refractivity contribution >= 4 is 33.0 Å². The van der Waals surface area contributed by atoms with Crippen LogP contribution in [0.5, 0.6) is 5.75 Å². The van der Waals surface area contributed by atoms with Crippen LogP contribution >= 0.6 is 22.9 Å². The molecule has 1 saturated heterocycles. The van der Waals surface area contributed by atoms with Crippen molar-refractivity contribution in [2.75, 3.05) is 32.8 Å². The standard InChI is InChI=1S/C22H24ClN3O3S2/c1-2-29-19-9-7-17(8-10-19)22-24-18(16-30-22)15-25-11-13-26(14-12-25)31(27,28)21-6-4-3-5-20(21)23/h3-10,16H,2,11-15H2,1H3. The van der Waals surface area contributed by atoms with E-state index in [1.54, 1.807) is 35.6 Å². The first-order valence-electron chi connectivity index (χ1n) is 10.1. The third kappa shape index (κ3) is 5.10. The Morgan fingerprint density at radius 3 is 2.45 bits per heavy atom. The maximum absolute atomic E-state index is 12.9. The fourth-order valence-corrected chi connectivity index (χ4v) is 6.26. The van der Waals surface area contributed by atoms with E-state index in [0.29, 0.717) is 39.3 Å². The molecule has 0 atom stereocenters. The van der Waals surface area contributed by atoms with E-state index in [1.807, 2.05) is 31.2 Å². The second-order valence-electron chi connectivity index (χ2n) is 7.21. The van der Waals surface area contributed by atoms with Gasteiger partial charge >= 0.3 is 0 Å². The van der Waals surface area contributed by atoms with E-state index >= 15 is 0 Å². The quantitative estimate of drug-likeness (QED) is 0.505. The van der Waals surface area contributed by atoms with Crippen LogP contribution in [0, 0.1) is 0 Å². The highest BCUT2D eigenvalue weighted by molar-refractivity contribution is 7.89. The Balaban J connectivity index is 1.36. The highest BCUT2D eigenvalue weighted by Gasteiger charge is 2.30. The van der Waals surface area contributed by atoms with Crippen molar-refractivity contribution in [3.8, 4) is 16.3 Å². The number of halogens is 1. The molecule has 0 spiro atoms. The van der Waals surface area contributed by atoms with E-state index < -0.39 is 10.0 Å². The molecule has 3 aromatic rings. The molecule has 1 fully saturated rings. The van der Waals surface area contributed by atoms with Gasteiger partial charge in [-0.3, -0.25) is 4.90 Å². The van der Waals surface area contributed by atoms with Crippen LogP contribution < -0.4 is 4.74 Å². The summed E-state index contributed by atoms with van der Waals surface area (Å²) in [4.78, 5) is 7.17. The van der Waals surface area contributed by atoms with Gasteiger partial charge in [-0.05, 0) is 43.3 Å². The predicted octanol–water partition coefficient (Wildman–Crippen LogP) is 4.37. The number of aromatic nitrogens is 1. The van der Waals surface area contributed by atoms with Crippen molar-refractivity contribution in [2.24, 2.45) is 0 Å². The van der Waals surface area contributed by atoms with Gasteiger partial charge in [-0.25, -0.2) is 13.4 Å². The van der Waals surface area contributed by atoms with E-state index in [4.69, 9.17) is 21.3 Å². The van der Waals surface area contributed by atoms with Gasteiger partial charge in [0.1, 0.15) is 15.7 Å². The van der Waals surface area contributed by atoms with Gasteiger partial charge in [0.05, 0.1) is 17.3 Å². The number of rotatable bonds is 7. The lowest BCUT2D eigenvalue weighted by molar-refractivity contribution is 0.180. The van der Waals surface area contributed by atoms with Gasteiger partial charge in [0.2, 0.25) is 10.0 Å². The highest BCUT2D eigenvalue weighted by Crippen LogP contribution is 2.28. The van der Waals surface area contributed by atoms with Crippen molar-refractivity contribution in [3.63, 3.8) is 0 Å². The van der Waals surface area contributed by atoms with Crippen molar-refractivity contribution in [2.45, 2.75) is 18.4 Å². The minimum atomic E-state index is -3.58. The van der Waals surface area contributed by atoms with Gasteiger partial charge in [-0.1, -0.05) is 23.7 Å². The molecule has 6 nitrogen and oxygen atoms in total. The van der Waals surface area contributed by atoms with E-state index in [9.17, 15) is 8.42 Å². The summed E-state index contributed by atoms with van der Waals surface area (Å²) in [5, 5.41) is 3.30. The number of benzene rings is 2. The molecule has 0 saturated carbocycles. The Kier molecular flexibility index (Phi) is 6.93. The minimum Gasteiger partial charge on any atom is -0.494 e. The Labute approximate surface area is 192 Å². The summed E-state index contributed by atoms with van der Waals surface area (Å²) < 4.78 is 32.8. The largest absolute Gasteiger partial charge is 0.494 e. The van der Waals surface area contributed by atoms with E-state index in [2.05, 4.69) is 10.3 Å². The second kappa shape index (κ2) is 9.67. The van der Waals surface area contributed by atoms with Crippen LogP contribution in [0.1, 0.15) is 12.6 Å². The first-order chi connectivity index (χ1) is 15.0. The van der Waals surface area contributed by atoms with Crippen molar-refractivity contribution in [1.82, 2.24) is 14.2 Å². The maximum atomic E-state index is 12.9. The number of nitrogens with zero attached hydrogens (tertiary/aromatic N) is 3. The third-order valence-electron chi connectivity index (χ3n) is 5.14. The second-order valence-corrected chi connectivity index (χ2v) is 10.4. The summed E-state index contributed by atoms with van der Waals surface area (Å²) in [7, 11) is -3.58. The van der Waals surface area contributed by atoms with Crippen LogP contribution in [0.4, 0.5) is 0 Å². The molecule has 1 aromatic heterocycles. The van der Waals surface area contributed by atoms with Crippen molar-refractivity contribution in [3.05, 3.63) is 64.6 Å². The van der Waals surface area contributed by atoms with Gasteiger partial charge in [0, 0.05) is 43.7 Å². The number of hydrogen-bond donors (Lipinski definition) is 0. The van der Waals surface area contributed by atoms with Crippen LogP contribution in [0.15, 0.2) is 58.8 Å². The summed E-state index contributed by atoms with van der Waals surface area (Å²) in [6, 6.07) is 14.5. The van der Waals surface area contributed by atoms with Crippen molar-refractivity contribution in [1.29, 1.82) is 0 Å². The molecule has 0 bridgehead atoms. The molecule has 164 valence electrons. The van der Waals surface area contributed by atoms with Gasteiger partial charge in [-0.2, -0.15) is 4.31 Å². The zero-order valence-electron chi connectivity index (χ0n) is 17.2. The number of ether oxygens (including phenoxy) is 1. The summed E-state index contributed by atoms with van der Waals surface area (Å²) in [6.45, 7) is 5.49.